The van der Waals surface area contributed by atoms with Crippen molar-refractivity contribution in [2.45, 2.75) is 32.9 Å². The second-order valence-corrected chi connectivity index (χ2v) is 5.07. The minimum Gasteiger partial charge on any atom is -0.350 e. The number of rotatable bonds is 5. The Hall–Kier alpha value is -0.870. The van der Waals surface area contributed by atoms with Gasteiger partial charge in [-0.05, 0) is 23.8 Å². The molecule has 0 aliphatic carbocycles. The van der Waals surface area contributed by atoms with E-state index in [0.717, 1.165) is 11.3 Å². The molecule has 15 heavy (non-hydrogen) atoms. The number of nitrogens with one attached hydrogen (secondary N) is 1. The van der Waals surface area contributed by atoms with Crippen molar-refractivity contribution >= 4 is 17.2 Å². The van der Waals surface area contributed by atoms with Crippen LogP contribution in [0.3, 0.4) is 0 Å². The van der Waals surface area contributed by atoms with Gasteiger partial charge in [-0.2, -0.15) is 0 Å². The molecule has 0 aromatic carbocycles. The molecule has 0 spiro atoms. The molecular weight excluding hydrogens is 208 g/mol. The highest BCUT2D eigenvalue weighted by Crippen LogP contribution is 2.08. The Morgan fingerprint density at radius 1 is 1.60 bits per heavy atom. The molecule has 1 rings (SSSR count). The van der Waals surface area contributed by atoms with Crippen LogP contribution >= 0.6 is 11.3 Å². The highest BCUT2D eigenvalue weighted by Gasteiger charge is 2.14. The fraction of sp³-hybridized carbons (Fsp3) is 0.545. The second-order valence-electron chi connectivity index (χ2n) is 4.03. The van der Waals surface area contributed by atoms with Gasteiger partial charge in [-0.1, -0.05) is 19.9 Å². The molecule has 0 aliphatic heterocycles. The number of carbonyl (C=O) groups is 1. The molecule has 84 valence electrons. The Kier molecular flexibility index (Phi) is 4.78. The number of amides is 1. The van der Waals surface area contributed by atoms with Crippen molar-refractivity contribution in [2.75, 3.05) is 0 Å². The normalized spacial score (nSPS) is 12.8. The van der Waals surface area contributed by atoms with Crippen LogP contribution in [-0.4, -0.2) is 11.9 Å². The van der Waals surface area contributed by atoms with Gasteiger partial charge < -0.3 is 11.1 Å². The van der Waals surface area contributed by atoms with Crippen LogP contribution in [0.4, 0.5) is 0 Å². The van der Waals surface area contributed by atoms with Gasteiger partial charge in [0.1, 0.15) is 0 Å². The Morgan fingerprint density at radius 3 is 2.87 bits per heavy atom. The third-order valence-electron chi connectivity index (χ3n) is 2.08. The third kappa shape index (κ3) is 4.44. The first kappa shape index (κ1) is 12.2. The molecule has 0 radical (unpaired) electrons. The summed E-state index contributed by atoms with van der Waals surface area (Å²) >= 11 is 1.63. The van der Waals surface area contributed by atoms with Gasteiger partial charge in [-0.15, -0.1) is 11.3 Å². The number of thiophene rings is 1. The van der Waals surface area contributed by atoms with Crippen molar-refractivity contribution in [3.05, 3.63) is 22.4 Å². The SMILES string of the molecule is CC(C)C[C@@H](N)C(=O)NCc1cccs1. The van der Waals surface area contributed by atoms with Gasteiger partial charge in [-0.25, -0.2) is 0 Å². The fourth-order valence-electron chi connectivity index (χ4n) is 1.33. The van der Waals surface area contributed by atoms with Crippen LogP contribution in [0, 0.1) is 5.92 Å². The van der Waals surface area contributed by atoms with E-state index in [4.69, 9.17) is 5.73 Å². The number of carbonyl (C=O) groups excluding carboxylic acids is 1. The quantitative estimate of drug-likeness (QED) is 0.803. The van der Waals surface area contributed by atoms with Crippen LogP contribution in [0.1, 0.15) is 25.1 Å². The second kappa shape index (κ2) is 5.88. The lowest BCUT2D eigenvalue weighted by Crippen LogP contribution is -2.40. The van der Waals surface area contributed by atoms with E-state index in [1.807, 2.05) is 17.5 Å². The summed E-state index contributed by atoms with van der Waals surface area (Å²) in [4.78, 5) is 12.7. The van der Waals surface area contributed by atoms with E-state index in [2.05, 4.69) is 19.2 Å². The predicted octanol–water partition coefficient (Wildman–Crippen LogP) is 1.74. The standard InChI is InChI=1S/C11H18N2OS/c1-8(2)6-10(12)11(14)13-7-9-4-3-5-15-9/h3-5,8,10H,6-7,12H2,1-2H3,(H,13,14)/t10-/m1/s1. The van der Waals surface area contributed by atoms with Gasteiger partial charge in [0.2, 0.25) is 5.91 Å². The molecule has 0 aliphatic rings. The zero-order valence-corrected chi connectivity index (χ0v) is 10.0. The zero-order chi connectivity index (χ0) is 11.3. The van der Waals surface area contributed by atoms with Crippen molar-refractivity contribution < 1.29 is 4.79 Å². The average Bonchev–Trinajstić information content (AvgIpc) is 2.65. The minimum atomic E-state index is -0.384. The molecule has 3 nitrogen and oxygen atoms in total. The summed E-state index contributed by atoms with van der Waals surface area (Å²) < 4.78 is 0. The van der Waals surface area contributed by atoms with Crippen molar-refractivity contribution in [2.24, 2.45) is 11.7 Å². The Bertz CT molecular complexity index is 296. The minimum absolute atomic E-state index is 0.0582. The molecule has 1 aromatic heterocycles. The first-order valence-electron chi connectivity index (χ1n) is 5.15. The summed E-state index contributed by atoms with van der Waals surface area (Å²) in [6.07, 6.45) is 0.732. The van der Waals surface area contributed by atoms with Gasteiger partial charge in [0, 0.05) is 4.88 Å². The molecule has 0 saturated heterocycles. The molecule has 1 heterocycles. The maximum atomic E-state index is 11.5. The molecule has 1 aromatic rings. The van der Waals surface area contributed by atoms with Gasteiger partial charge in [0.15, 0.2) is 0 Å². The predicted molar refractivity (Wildman–Crippen MR) is 63.6 cm³/mol. The van der Waals surface area contributed by atoms with Crippen LogP contribution in [0.15, 0.2) is 17.5 Å². The largest absolute Gasteiger partial charge is 0.350 e. The fourth-order valence-corrected chi connectivity index (χ4v) is 1.98. The van der Waals surface area contributed by atoms with E-state index in [1.54, 1.807) is 11.3 Å². The summed E-state index contributed by atoms with van der Waals surface area (Å²) in [5.74, 6) is 0.393. The van der Waals surface area contributed by atoms with Crippen molar-refractivity contribution in [3.63, 3.8) is 0 Å². The lowest BCUT2D eigenvalue weighted by atomic mass is 10.0. The van der Waals surface area contributed by atoms with Crippen LogP contribution < -0.4 is 11.1 Å². The van der Waals surface area contributed by atoms with Crippen LogP contribution in [0.2, 0.25) is 0 Å². The summed E-state index contributed by atoms with van der Waals surface area (Å²) in [5.41, 5.74) is 5.75. The Balaban J connectivity index is 2.29. The van der Waals surface area contributed by atoms with Crippen LogP contribution in [-0.2, 0) is 11.3 Å². The summed E-state index contributed by atoms with van der Waals surface area (Å²) in [7, 11) is 0. The molecular formula is C11H18N2OS. The summed E-state index contributed by atoms with van der Waals surface area (Å²) in [6.45, 7) is 4.71. The zero-order valence-electron chi connectivity index (χ0n) is 9.19. The van der Waals surface area contributed by atoms with Crippen LogP contribution in [0.25, 0.3) is 0 Å². The van der Waals surface area contributed by atoms with Crippen molar-refractivity contribution in [1.82, 2.24) is 5.32 Å². The first-order chi connectivity index (χ1) is 7.09. The van der Waals surface area contributed by atoms with E-state index < -0.39 is 0 Å². The lowest BCUT2D eigenvalue weighted by molar-refractivity contribution is -0.122. The van der Waals surface area contributed by atoms with E-state index >= 15 is 0 Å². The smallest absolute Gasteiger partial charge is 0.237 e. The third-order valence-corrected chi connectivity index (χ3v) is 2.96. The molecule has 1 amide bonds. The van der Waals surface area contributed by atoms with E-state index in [1.165, 1.54) is 0 Å². The summed E-state index contributed by atoms with van der Waals surface area (Å²) in [6, 6.07) is 3.59. The molecule has 3 N–H and O–H groups in total. The topological polar surface area (TPSA) is 55.1 Å². The van der Waals surface area contributed by atoms with Gasteiger partial charge in [0.05, 0.1) is 12.6 Å². The molecule has 0 unspecified atom stereocenters. The monoisotopic (exact) mass is 226 g/mol. The molecule has 4 heteroatoms. The van der Waals surface area contributed by atoms with Gasteiger partial charge >= 0.3 is 0 Å². The molecule has 0 saturated carbocycles. The molecule has 0 fully saturated rings. The number of nitrogens with two attached hydrogens (primary N) is 1. The van der Waals surface area contributed by atoms with Crippen molar-refractivity contribution in [3.8, 4) is 0 Å². The molecule has 0 bridgehead atoms. The number of hydrogen-bond donors (Lipinski definition) is 2. The summed E-state index contributed by atoms with van der Waals surface area (Å²) in [5, 5.41) is 4.83. The first-order valence-corrected chi connectivity index (χ1v) is 6.03. The highest BCUT2D eigenvalue weighted by molar-refractivity contribution is 7.09. The average molecular weight is 226 g/mol. The molecule has 1 atom stereocenters. The Labute approximate surface area is 94.7 Å². The van der Waals surface area contributed by atoms with E-state index in [0.29, 0.717) is 12.5 Å². The van der Waals surface area contributed by atoms with Gasteiger partial charge in [-0.3, -0.25) is 4.79 Å². The lowest BCUT2D eigenvalue weighted by Gasteiger charge is -2.13. The van der Waals surface area contributed by atoms with Gasteiger partial charge in [0.25, 0.3) is 0 Å². The maximum Gasteiger partial charge on any atom is 0.237 e. The van der Waals surface area contributed by atoms with Crippen LogP contribution in [0.5, 0.6) is 0 Å². The number of hydrogen-bond acceptors (Lipinski definition) is 3. The van der Waals surface area contributed by atoms with Crippen molar-refractivity contribution in [1.29, 1.82) is 0 Å². The maximum absolute atomic E-state index is 11.5. The van der Waals surface area contributed by atoms with E-state index in [9.17, 15) is 4.79 Å². The highest BCUT2D eigenvalue weighted by atomic mass is 32.1. The van der Waals surface area contributed by atoms with E-state index in [-0.39, 0.29) is 11.9 Å². The Morgan fingerprint density at radius 2 is 2.33 bits per heavy atom.